The molecule has 1 aromatic carbocycles. The highest BCUT2D eigenvalue weighted by Crippen LogP contribution is 2.31. The molecule has 1 aromatic rings. The predicted octanol–water partition coefficient (Wildman–Crippen LogP) is 2.61. The van der Waals surface area contributed by atoms with E-state index < -0.39 is 6.10 Å². The number of aliphatic hydroxyl groups excluding tert-OH is 1. The van der Waals surface area contributed by atoms with Crippen LogP contribution in [0.3, 0.4) is 0 Å². The minimum atomic E-state index is -0.469. The fourth-order valence-electron chi connectivity index (χ4n) is 2.59. The molecule has 1 fully saturated rings. The van der Waals surface area contributed by atoms with Gasteiger partial charge < -0.3 is 19.5 Å². The number of aliphatic hydroxyl groups is 1. The molecule has 0 amide bonds. The Morgan fingerprint density at radius 3 is 2.40 bits per heavy atom. The number of hydrogen-bond acceptors (Lipinski definition) is 4. The van der Waals surface area contributed by atoms with Crippen LogP contribution in [0.5, 0.6) is 11.5 Å². The summed E-state index contributed by atoms with van der Waals surface area (Å²) in [4.78, 5) is 2.31. The molecule has 0 bridgehead atoms. The molecular weight excluding hydrogens is 254 g/mol. The molecule has 1 aliphatic rings. The zero-order valence-electron chi connectivity index (χ0n) is 12.5. The largest absolute Gasteiger partial charge is 0.490 e. The van der Waals surface area contributed by atoms with E-state index in [-0.39, 0.29) is 0 Å². The van der Waals surface area contributed by atoms with Crippen molar-refractivity contribution in [2.45, 2.75) is 32.8 Å². The minimum Gasteiger partial charge on any atom is -0.490 e. The van der Waals surface area contributed by atoms with Crippen molar-refractivity contribution in [3.63, 3.8) is 0 Å². The van der Waals surface area contributed by atoms with Crippen LogP contribution in [0, 0.1) is 0 Å². The lowest BCUT2D eigenvalue weighted by Gasteiger charge is -2.20. The van der Waals surface area contributed by atoms with Crippen molar-refractivity contribution in [2.24, 2.45) is 0 Å². The molecule has 1 saturated heterocycles. The number of β-amino-alcohol motifs (C(OH)–C–C–N with tert-alkyl or cyclic N) is 1. The second-order valence-corrected chi connectivity index (χ2v) is 5.10. The van der Waals surface area contributed by atoms with Crippen LogP contribution >= 0.6 is 0 Å². The third-order valence-electron chi connectivity index (χ3n) is 3.58. The lowest BCUT2D eigenvalue weighted by molar-refractivity contribution is 0.126. The molecule has 4 nitrogen and oxygen atoms in total. The van der Waals surface area contributed by atoms with Crippen molar-refractivity contribution < 1.29 is 14.6 Å². The van der Waals surface area contributed by atoms with Gasteiger partial charge in [-0.25, -0.2) is 0 Å². The van der Waals surface area contributed by atoms with Crippen LogP contribution in [0.2, 0.25) is 0 Å². The molecule has 1 unspecified atom stereocenters. The highest BCUT2D eigenvalue weighted by atomic mass is 16.5. The van der Waals surface area contributed by atoms with Gasteiger partial charge in [-0.3, -0.25) is 0 Å². The maximum atomic E-state index is 10.4. The Morgan fingerprint density at radius 1 is 1.10 bits per heavy atom. The monoisotopic (exact) mass is 279 g/mol. The Bertz CT molecular complexity index is 416. The summed E-state index contributed by atoms with van der Waals surface area (Å²) >= 11 is 0. The highest BCUT2D eigenvalue weighted by molar-refractivity contribution is 5.43. The number of ether oxygens (including phenoxy) is 2. The third-order valence-corrected chi connectivity index (χ3v) is 3.58. The van der Waals surface area contributed by atoms with Crippen LogP contribution in [0.4, 0.5) is 0 Å². The average molecular weight is 279 g/mol. The SMILES string of the molecule is CCOc1ccc(C(O)CN2CCCC2)cc1OCC. The van der Waals surface area contributed by atoms with Gasteiger partial charge in [-0.15, -0.1) is 0 Å². The van der Waals surface area contributed by atoms with Crippen LogP contribution in [0.25, 0.3) is 0 Å². The first kappa shape index (κ1) is 15.1. The summed E-state index contributed by atoms with van der Waals surface area (Å²) in [5, 5.41) is 10.4. The molecule has 1 atom stereocenters. The van der Waals surface area contributed by atoms with Crippen molar-refractivity contribution in [3.05, 3.63) is 23.8 Å². The molecule has 0 aromatic heterocycles. The molecule has 0 saturated carbocycles. The van der Waals surface area contributed by atoms with Gasteiger partial charge in [0, 0.05) is 6.54 Å². The number of likely N-dealkylation sites (tertiary alicyclic amines) is 1. The maximum Gasteiger partial charge on any atom is 0.161 e. The zero-order valence-corrected chi connectivity index (χ0v) is 12.5. The lowest BCUT2D eigenvalue weighted by atomic mass is 10.1. The molecule has 0 radical (unpaired) electrons. The summed E-state index contributed by atoms with van der Waals surface area (Å²) in [5.74, 6) is 1.46. The van der Waals surface area contributed by atoms with E-state index in [0.29, 0.717) is 25.5 Å². The van der Waals surface area contributed by atoms with Crippen LogP contribution in [-0.4, -0.2) is 42.9 Å². The number of benzene rings is 1. The van der Waals surface area contributed by atoms with Gasteiger partial charge in [-0.05, 0) is 57.5 Å². The van der Waals surface area contributed by atoms with Crippen molar-refractivity contribution in [1.82, 2.24) is 4.90 Å². The quantitative estimate of drug-likeness (QED) is 0.833. The van der Waals surface area contributed by atoms with E-state index in [0.717, 1.165) is 24.4 Å². The third kappa shape index (κ3) is 3.87. The summed E-state index contributed by atoms with van der Waals surface area (Å²) < 4.78 is 11.1. The fraction of sp³-hybridized carbons (Fsp3) is 0.625. The summed E-state index contributed by atoms with van der Waals surface area (Å²) in [6.45, 7) is 7.97. The van der Waals surface area contributed by atoms with Gasteiger partial charge in [0.25, 0.3) is 0 Å². The van der Waals surface area contributed by atoms with Gasteiger partial charge in [0.05, 0.1) is 19.3 Å². The Kier molecular flexibility index (Phi) is 5.68. The van der Waals surface area contributed by atoms with Gasteiger partial charge in [-0.2, -0.15) is 0 Å². The summed E-state index contributed by atoms with van der Waals surface area (Å²) in [5.41, 5.74) is 0.892. The van der Waals surface area contributed by atoms with E-state index in [1.165, 1.54) is 12.8 Å². The molecule has 20 heavy (non-hydrogen) atoms. The predicted molar refractivity (Wildman–Crippen MR) is 79.4 cm³/mol. The molecule has 2 rings (SSSR count). The molecule has 112 valence electrons. The van der Waals surface area contributed by atoms with Gasteiger partial charge in [0.2, 0.25) is 0 Å². The first-order chi connectivity index (χ1) is 9.74. The van der Waals surface area contributed by atoms with E-state index in [1.807, 2.05) is 32.0 Å². The molecule has 1 aliphatic heterocycles. The highest BCUT2D eigenvalue weighted by Gasteiger charge is 2.18. The molecule has 0 spiro atoms. The van der Waals surface area contributed by atoms with Gasteiger partial charge in [-0.1, -0.05) is 6.07 Å². The summed E-state index contributed by atoms with van der Waals surface area (Å²) in [7, 11) is 0. The fourth-order valence-corrected chi connectivity index (χ4v) is 2.59. The molecule has 0 aliphatic carbocycles. The van der Waals surface area contributed by atoms with Crippen molar-refractivity contribution in [3.8, 4) is 11.5 Å². The topological polar surface area (TPSA) is 41.9 Å². The van der Waals surface area contributed by atoms with Crippen molar-refractivity contribution >= 4 is 0 Å². The minimum absolute atomic E-state index is 0.469. The van der Waals surface area contributed by atoms with E-state index in [4.69, 9.17) is 9.47 Å². The smallest absolute Gasteiger partial charge is 0.161 e. The normalized spacial score (nSPS) is 17.1. The maximum absolute atomic E-state index is 10.4. The van der Waals surface area contributed by atoms with Crippen LogP contribution in [0.1, 0.15) is 38.4 Å². The Balaban J connectivity index is 2.07. The molecule has 1 N–H and O–H groups in total. The Hall–Kier alpha value is -1.26. The van der Waals surface area contributed by atoms with Crippen LogP contribution in [-0.2, 0) is 0 Å². The second kappa shape index (κ2) is 7.50. The van der Waals surface area contributed by atoms with Gasteiger partial charge in [0.15, 0.2) is 11.5 Å². The van der Waals surface area contributed by atoms with Gasteiger partial charge in [0.1, 0.15) is 0 Å². The van der Waals surface area contributed by atoms with Crippen molar-refractivity contribution in [2.75, 3.05) is 32.8 Å². The second-order valence-electron chi connectivity index (χ2n) is 5.10. The van der Waals surface area contributed by atoms with Gasteiger partial charge >= 0.3 is 0 Å². The lowest BCUT2D eigenvalue weighted by Crippen LogP contribution is -2.25. The average Bonchev–Trinajstić information content (AvgIpc) is 2.94. The van der Waals surface area contributed by atoms with Crippen LogP contribution < -0.4 is 9.47 Å². The number of nitrogens with zero attached hydrogens (tertiary/aromatic N) is 1. The first-order valence-electron chi connectivity index (χ1n) is 7.54. The number of hydrogen-bond donors (Lipinski definition) is 1. The Labute approximate surface area is 121 Å². The van der Waals surface area contributed by atoms with E-state index in [2.05, 4.69) is 4.90 Å². The molecule has 4 heteroatoms. The van der Waals surface area contributed by atoms with Crippen molar-refractivity contribution in [1.29, 1.82) is 0 Å². The van der Waals surface area contributed by atoms with E-state index >= 15 is 0 Å². The standard InChI is InChI=1S/C16H25NO3/c1-3-19-15-8-7-13(11-16(15)20-4-2)14(18)12-17-9-5-6-10-17/h7-8,11,14,18H,3-6,9-10,12H2,1-2H3. The van der Waals surface area contributed by atoms with E-state index in [1.54, 1.807) is 0 Å². The summed E-state index contributed by atoms with van der Waals surface area (Å²) in [6.07, 6.45) is 2.00. The number of rotatable bonds is 7. The van der Waals surface area contributed by atoms with Crippen LogP contribution in [0.15, 0.2) is 18.2 Å². The Morgan fingerprint density at radius 2 is 1.75 bits per heavy atom. The molecule has 1 heterocycles. The van der Waals surface area contributed by atoms with E-state index in [9.17, 15) is 5.11 Å². The zero-order chi connectivity index (χ0) is 14.4. The summed E-state index contributed by atoms with van der Waals surface area (Å²) in [6, 6.07) is 5.71. The molecular formula is C16H25NO3. The first-order valence-corrected chi connectivity index (χ1v) is 7.54.